The lowest BCUT2D eigenvalue weighted by Crippen LogP contribution is -2.30. The van der Waals surface area contributed by atoms with Crippen molar-refractivity contribution in [2.45, 2.75) is 32.2 Å². The number of nitriles is 1. The van der Waals surface area contributed by atoms with Gasteiger partial charge in [0.1, 0.15) is 5.82 Å². The summed E-state index contributed by atoms with van der Waals surface area (Å²) in [5, 5.41) is 13.2. The molecule has 3 atom stereocenters. The number of nitrogens with one attached hydrogen (secondary N) is 1. The number of fused-ring (bicyclic) bond motifs is 1. The first-order valence-corrected chi connectivity index (χ1v) is 8.69. The highest BCUT2D eigenvalue weighted by molar-refractivity contribution is 6.03. The lowest BCUT2D eigenvalue weighted by atomic mass is 10.1. The van der Waals surface area contributed by atoms with Gasteiger partial charge in [-0.3, -0.25) is 9.59 Å². The third-order valence-corrected chi connectivity index (χ3v) is 5.16. The third-order valence-electron chi connectivity index (χ3n) is 5.16. The first-order chi connectivity index (χ1) is 12.5. The fraction of sp³-hybridized carbons (Fsp3) is 0.368. The molecule has 3 N–H and O–H groups in total. The number of aromatic nitrogens is 1. The van der Waals surface area contributed by atoms with Gasteiger partial charge in [0.25, 0.3) is 0 Å². The number of nitrogens with zero attached hydrogens (tertiary/aromatic N) is 3. The Hall–Kier alpha value is -3.14. The van der Waals surface area contributed by atoms with Crippen LogP contribution in [0.1, 0.15) is 26.2 Å². The number of nitrogen functional groups attached to an aromatic ring is 1. The van der Waals surface area contributed by atoms with Gasteiger partial charge in [0, 0.05) is 35.4 Å². The summed E-state index contributed by atoms with van der Waals surface area (Å²) in [6, 6.07) is 7.69. The van der Waals surface area contributed by atoms with Crippen LogP contribution >= 0.6 is 0 Å². The van der Waals surface area contributed by atoms with Crippen LogP contribution in [-0.4, -0.2) is 22.8 Å². The van der Waals surface area contributed by atoms with Crippen molar-refractivity contribution in [2.75, 3.05) is 16.0 Å². The van der Waals surface area contributed by atoms with E-state index in [2.05, 4.69) is 16.4 Å². The van der Waals surface area contributed by atoms with Crippen LogP contribution < -0.4 is 16.0 Å². The fourth-order valence-electron chi connectivity index (χ4n) is 3.55. The molecule has 2 fully saturated rings. The Morgan fingerprint density at radius 1 is 1.42 bits per heavy atom. The van der Waals surface area contributed by atoms with Crippen LogP contribution in [0.25, 0.3) is 10.8 Å². The van der Waals surface area contributed by atoms with Gasteiger partial charge in [-0.05, 0) is 43.4 Å². The monoisotopic (exact) mass is 349 g/mol. The SMILES string of the molecule is C[C@H]1CCC(=O)N1c1cc(N)c2cnc(NC(=O)[C@@H]3C[C@H]3C#N)cc2c1. The Morgan fingerprint density at radius 3 is 2.88 bits per heavy atom. The van der Waals surface area contributed by atoms with E-state index in [4.69, 9.17) is 11.0 Å². The molecule has 0 bridgehead atoms. The van der Waals surface area contributed by atoms with Crippen molar-refractivity contribution in [2.24, 2.45) is 11.8 Å². The second-order valence-corrected chi connectivity index (χ2v) is 7.04. The number of carbonyl (C=O) groups excluding carboxylic acids is 2. The maximum atomic E-state index is 12.2. The molecule has 4 rings (SSSR count). The van der Waals surface area contributed by atoms with Crippen LogP contribution in [-0.2, 0) is 9.59 Å². The fourth-order valence-corrected chi connectivity index (χ4v) is 3.55. The van der Waals surface area contributed by atoms with E-state index < -0.39 is 0 Å². The van der Waals surface area contributed by atoms with Gasteiger partial charge in [0.05, 0.1) is 17.9 Å². The average molecular weight is 349 g/mol. The summed E-state index contributed by atoms with van der Waals surface area (Å²) in [5.41, 5.74) is 7.47. The van der Waals surface area contributed by atoms with E-state index in [1.54, 1.807) is 23.2 Å². The minimum atomic E-state index is -0.253. The lowest BCUT2D eigenvalue weighted by molar-refractivity contribution is -0.118. The normalized spacial score (nSPS) is 24.5. The van der Waals surface area contributed by atoms with Crippen molar-refractivity contribution < 1.29 is 9.59 Å². The molecule has 1 aliphatic heterocycles. The van der Waals surface area contributed by atoms with Crippen LogP contribution in [0.2, 0.25) is 0 Å². The number of rotatable bonds is 3. The van der Waals surface area contributed by atoms with Crippen LogP contribution in [0, 0.1) is 23.2 Å². The number of pyridine rings is 1. The molecule has 0 unspecified atom stereocenters. The highest BCUT2D eigenvalue weighted by atomic mass is 16.2. The molecule has 1 aliphatic carbocycles. The molecule has 2 aliphatic rings. The Bertz CT molecular complexity index is 964. The van der Waals surface area contributed by atoms with Crippen LogP contribution in [0.4, 0.5) is 17.2 Å². The van der Waals surface area contributed by atoms with Gasteiger partial charge in [-0.2, -0.15) is 5.26 Å². The third kappa shape index (κ3) is 2.73. The van der Waals surface area contributed by atoms with Crippen molar-refractivity contribution in [1.29, 1.82) is 5.26 Å². The number of amides is 2. The summed E-state index contributed by atoms with van der Waals surface area (Å²) in [5.74, 6) is -0.119. The van der Waals surface area contributed by atoms with Crippen molar-refractivity contribution >= 4 is 39.8 Å². The highest BCUT2D eigenvalue weighted by Crippen LogP contribution is 2.39. The predicted octanol–water partition coefficient (Wildman–Crippen LogP) is 2.43. The van der Waals surface area contributed by atoms with E-state index in [1.807, 2.05) is 13.0 Å². The van der Waals surface area contributed by atoms with Gasteiger partial charge < -0.3 is 16.0 Å². The Kier molecular flexibility index (Phi) is 3.76. The van der Waals surface area contributed by atoms with Gasteiger partial charge >= 0.3 is 0 Å². The van der Waals surface area contributed by atoms with Gasteiger partial charge in [0.15, 0.2) is 0 Å². The largest absolute Gasteiger partial charge is 0.398 e. The summed E-state index contributed by atoms with van der Waals surface area (Å²) in [4.78, 5) is 30.3. The highest BCUT2D eigenvalue weighted by Gasteiger charge is 2.43. The molecule has 7 nitrogen and oxygen atoms in total. The molecular formula is C19H19N5O2. The second-order valence-electron chi connectivity index (χ2n) is 7.04. The summed E-state index contributed by atoms with van der Waals surface area (Å²) in [7, 11) is 0. The Balaban J connectivity index is 1.65. The molecule has 26 heavy (non-hydrogen) atoms. The van der Waals surface area contributed by atoms with Gasteiger partial charge in [-0.25, -0.2) is 4.98 Å². The molecule has 132 valence electrons. The molecule has 0 spiro atoms. The van der Waals surface area contributed by atoms with E-state index in [1.165, 1.54) is 0 Å². The summed E-state index contributed by atoms with van der Waals surface area (Å²) in [6.45, 7) is 2.02. The summed E-state index contributed by atoms with van der Waals surface area (Å²) >= 11 is 0. The minimum absolute atomic E-state index is 0.0927. The molecule has 1 aromatic carbocycles. The van der Waals surface area contributed by atoms with Crippen molar-refractivity contribution in [3.05, 3.63) is 24.4 Å². The zero-order valence-electron chi connectivity index (χ0n) is 14.4. The molecule has 1 saturated heterocycles. The van der Waals surface area contributed by atoms with E-state index in [-0.39, 0.29) is 29.7 Å². The van der Waals surface area contributed by atoms with E-state index in [0.29, 0.717) is 24.3 Å². The lowest BCUT2D eigenvalue weighted by Gasteiger charge is -2.22. The van der Waals surface area contributed by atoms with Crippen molar-refractivity contribution in [3.8, 4) is 6.07 Å². The Labute approximate surface area is 150 Å². The van der Waals surface area contributed by atoms with Gasteiger partial charge in [-0.1, -0.05) is 0 Å². The molecular weight excluding hydrogens is 330 g/mol. The van der Waals surface area contributed by atoms with Crippen molar-refractivity contribution in [3.63, 3.8) is 0 Å². The molecule has 2 aromatic rings. The minimum Gasteiger partial charge on any atom is -0.398 e. The smallest absolute Gasteiger partial charge is 0.230 e. The Morgan fingerprint density at radius 2 is 2.23 bits per heavy atom. The molecule has 2 heterocycles. The van der Waals surface area contributed by atoms with Crippen LogP contribution in [0.5, 0.6) is 0 Å². The molecule has 1 aromatic heterocycles. The molecule has 2 amide bonds. The van der Waals surface area contributed by atoms with E-state index in [9.17, 15) is 9.59 Å². The zero-order chi connectivity index (χ0) is 18.4. The molecule has 1 saturated carbocycles. The quantitative estimate of drug-likeness (QED) is 0.827. The van der Waals surface area contributed by atoms with Crippen molar-refractivity contribution in [1.82, 2.24) is 4.98 Å². The average Bonchev–Trinajstić information content (AvgIpc) is 3.33. The number of anilines is 3. The summed E-state index contributed by atoms with van der Waals surface area (Å²) < 4.78 is 0. The maximum absolute atomic E-state index is 12.2. The molecule has 0 radical (unpaired) electrons. The van der Waals surface area contributed by atoms with Gasteiger partial charge in [0.2, 0.25) is 11.8 Å². The first-order valence-electron chi connectivity index (χ1n) is 8.69. The van der Waals surface area contributed by atoms with E-state index in [0.717, 1.165) is 22.9 Å². The number of nitrogens with two attached hydrogens (primary N) is 1. The zero-order valence-corrected chi connectivity index (χ0v) is 14.4. The first kappa shape index (κ1) is 16.3. The standard InChI is InChI=1S/C19H19N5O2/c1-10-2-3-18(25)24(10)13-4-11-6-17(22-9-15(11)16(21)7-13)23-19(26)14-5-12(14)8-20/h4,6-7,9-10,12,14H,2-3,5,21H2,1H3,(H,22,23,26)/t10-,12-,14+/m0/s1. The molecule has 7 heteroatoms. The predicted molar refractivity (Wildman–Crippen MR) is 98.2 cm³/mol. The number of carbonyl (C=O) groups is 2. The van der Waals surface area contributed by atoms with Crippen LogP contribution in [0.15, 0.2) is 24.4 Å². The van der Waals surface area contributed by atoms with Gasteiger partial charge in [-0.15, -0.1) is 0 Å². The van der Waals surface area contributed by atoms with Crippen LogP contribution in [0.3, 0.4) is 0 Å². The topological polar surface area (TPSA) is 112 Å². The number of benzene rings is 1. The van der Waals surface area contributed by atoms with E-state index >= 15 is 0 Å². The maximum Gasteiger partial charge on any atom is 0.230 e. The number of hydrogen-bond donors (Lipinski definition) is 2. The summed E-state index contributed by atoms with van der Waals surface area (Å²) in [6.07, 6.45) is 3.59. The second kappa shape index (κ2) is 5.99. The number of hydrogen-bond acceptors (Lipinski definition) is 5.